The SMILES string of the molecule is CCNC(=O)c1cc2c(-c3cc4c(cc3Oc3c(C)cccc3C)c(N3CCOCC3)nn4CC(C)(C)O)cn(C)c(=O)c2[nH]1. The molecule has 1 fully saturated rings. The molecule has 1 aliphatic rings. The second-order valence-corrected chi connectivity index (χ2v) is 12.4. The number of fused-ring (bicyclic) bond motifs is 2. The summed E-state index contributed by atoms with van der Waals surface area (Å²) in [5, 5.41) is 20.2. The van der Waals surface area contributed by atoms with Crippen LogP contribution in [0.15, 0.2) is 47.4 Å². The van der Waals surface area contributed by atoms with Gasteiger partial charge in [-0.05, 0) is 63.9 Å². The molecule has 1 aliphatic heterocycles. The molecule has 5 aromatic rings. The van der Waals surface area contributed by atoms with Crippen molar-refractivity contribution in [3.05, 3.63) is 69.8 Å². The number of morpholine rings is 1. The van der Waals surface area contributed by atoms with Crippen molar-refractivity contribution >= 4 is 33.5 Å². The van der Waals surface area contributed by atoms with E-state index in [2.05, 4.69) is 15.2 Å². The van der Waals surface area contributed by atoms with E-state index in [1.165, 1.54) is 4.57 Å². The number of aryl methyl sites for hydroxylation is 3. The fourth-order valence-electron chi connectivity index (χ4n) is 5.97. The molecule has 11 heteroatoms. The van der Waals surface area contributed by atoms with Gasteiger partial charge in [-0.15, -0.1) is 0 Å². The normalized spacial score (nSPS) is 14.0. The number of amides is 1. The molecule has 3 N–H and O–H groups in total. The first kappa shape index (κ1) is 30.4. The first-order chi connectivity index (χ1) is 21.4. The third-order valence-electron chi connectivity index (χ3n) is 8.14. The van der Waals surface area contributed by atoms with Gasteiger partial charge in [-0.3, -0.25) is 14.3 Å². The average Bonchev–Trinajstić information content (AvgIpc) is 3.59. The molecule has 4 heterocycles. The molecule has 0 saturated carbocycles. The fourth-order valence-corrected chi connectivity index (χ4v) is 5.97. The van der Waals surface area contributed by atoms with E-state index in [4.69, 9.17) is 14.6 Å². The summed E-state index contributed by atoms with van der Waals surface area (Å²) in [4.78, 5) is 31.4. The molecule has 3 aromatic heterocycles. The summed E-state index contributed by atoms with van der Waals surface area (Å²) < 4.78 is 15.8. The fraction of sp³-hybridized carbons (Fsp3) is 0.382. The smallest absolute Gasteiger partial charge is 0.274 e. The number of anilines is 1. The molecule has 0 unspecified atom stereocenters. The summed E-state index contributed by atoms with van der Waals surface area (Å²) in [6.07, 6.45) is 1.78. The zero-order valence-electron chi connectivity index (χ0n) is 26.7. The Labute approximate surface area is 261 Å². The summed E-state index contributed by atoms with van der Waals surface area (Å²) >= 11 is 0. The quantitative estimate of drug-likeness (QED) is 0.233. The molecule has 0 radical (unpaired) electrons. The number of nitrogens with one attached hydrogen (secondary N) is 2. The zero-order valence-corrected chi connectivity index (χ0v) is 26.7. The second kappa shape index (κ2) is 11.7. The molecule has 1 saturated heterocycles. The van der Waals surface area contributed by atoms with Crippen molar-refractivity contribution in [3.8, 4) is 22.6 Å². The monoisotopic (exact) mass is 612 g/mol. The molecule has 2 aromatic carbocycles. The van der Waals surface area contributed by atoms with Crippen molar-refractivity contribution in [2.75, 3.05) is 37.7 Å². The lowest BCUT2D eigenvalue weighted by molar-refractivity contribution is 0.0591. The number of para-hydroxylation sites is 1. The maximum absolute atomic E-state index is 13.3. The summed E-state index contributed by atoms with van der Waals surface area (Å²) in [7, 11) is 1.69. The number of pyridine rings is 1. The van der Waals surface area contributed by atoms with Gasteiger partial charge in [-0.1, -0.05) is 18.2 Å². The third-order valence-corrected chi connectivity index (χ3v) is 8.14. The number of benzene rings is 2. The molecule has 6 rings (SSSR count). The van der Waals surface area contributed by atoms with Gasteiger partial charge in [-0.25, -0.2) is 0 Å². The summed E-state index contributed by atoms with van der Waals surface area (Å²) in [6.45, 7) is 12.7. The Hall–Kier alpha value is -4.61. The number of aliphatic hydroxyl groups is 1. The molecule has 0 bridgehead atoms. The van der Waals surface area contributed by atoms with E-state index in [0.29, 0.717) is 60.8 Å². The molecular formula is C34H40N6O5. The lowest BCUT2D eigenvalue weighted by Crippen LogP contribution is -2.36. The van der Waals surface area contributed by atoms with Crippen LogP contribution in [-0.2, 0) is 18.3 Å². The molecule has 0 atom stereocenters. The van der Waals surface area contributed by atoms with Crippen LogP contribution >= 0.6 is 0 Å². The molecular weight excluding hydrogens is 572 g/mol. The average molecular weight is 613 g/mol. The highest BCUT2D eigenvalue weighted by Gasteiger charge is 2.26. The minimum Gasteiger partial charge on any atom is -0.456 e. The summed E-state index contributed by atoms with van der Waals surface area (Å²) in [5.41, 5.74) is 3.57. The number of rotatable bonds is 8. The maximum atomic E-state index is 13.3. The van der Waals surface area contributed by atoms with Crippen LogP contribution in [0.25, 0.3) is 32.9 Å². The maximum Gasteiger partial charge on any atom is 0.274 e. The van der Waals surface area contributed by atoms with Crippen LogP contribution in [0.5, 0.6) is 11.5 Å². The highest BCUT2D eigenvalue weighted by molar-refractivity contribution is 6.05. The van der Waals surface area contributed by atoms with Crippen molar-refractivity contribution in [2.45, 2.75) is 46.8 Å². The number of carbonyl (C=O) groups is 1. The first-order valence-electron chi connectivity index (χ1n) is 15.3. The van der Waals surface area contributed by atoms with Crippen LogP contribution in [0.3, 0.4) is 0 Å². The first-order valence-corrected chi connectivity index (χ1v) is 15.3. The van der Waals surface area contributed by atoms with Crippen LogP contribution in [-0.4, -0.2) is 68.8 Å². The Kier molecular flexibility index (Phi) is 7.92. The van der Waals surface area contributed by atoms with E-state index in [-0.39, 0.29) is 18.0 Å². The number of ether oxygens (including phenoxy) is 2. The van der Waals surface area contributed by atoms with Gasteiger partial charge in [0.05, 0.1) is 30.9 Å². The van der Waals surface area contributed by atoms with E-state index >= 15 is 0 Å². The van der Waals surface area contributed by atoms with Gasteiger partial charge in [0, 0.05) is 54.8 Å². The number of carbonyl (C=O) groups excluding carboxylic acids is 1. The van der Waals surface area contributed by atoms with Crippen molar-refractivity contribution in [1.82, 2.24) is 24.6 Å². The Bertz CT molecular complexity index is 1950. The number of hydrogen-bond acceptors (Lipinski definition) is 7. The zero-order chi connectivity index (χ0) is 32.0. The third kappa shape index (κ3) is 5.81. The van der Waals surface area contributed by atoms with Crippen molar-refractivity contribution in [3.63, 3.8) is 0 Å². The molecule has 0 spiro atoms. The van der Waals surface area contributed by atoms with E-state index in [1.807, 2.05) is 55.8 Å². The minimum absolute atomic E-state index is 0.246. The van der Waals surface area contributed by atoms with Crippen molar-refractivity contribution in [1.29, 1.82) is 0 Å². The van der Waals surface area contributed by atoms with Crippen molar-refractivity contribution < 1.29 is 19.4 Å². The van der Waals surface area contributed by atoms with Crippen LogP contribution in [0, 0.1) is 13.8 Å². The highest BCUT2D eigenvalue weighted by atomic mass is 16.5. The Morgan fingerprint density at radius 1 is 1.11 bits per heavy atom. The number of H-pyrrole nitrogens is 1. The lowest BCUT2D eigenvalue weighted by Gasteiger charge is -2.27. The van der Waals surface area contributed by atoms with Crippen molar-refractivity contribution in [2.24, 2.45) is 7.05 Å². The predicted octanol–water partition coefficient (Wildman–Crippen LogP) is 4.65. The van der Waals surface area contributed by atoms with Gasteiger partial charge >= 0.3 is 0 Å². The van der Waals surface area contributed by atoms with E-state index in [0.717, 1.165) is 39.2 Å². The standard InChI is InChI=1S/C34H40N6O5/c1-7-35-32(41)26-15-23-25(18-38(6)33(42)29(23)36-26)22-16-27-24(17-28(22)45-30-20(2)9-8-10-21(30)3)31(39-11-13-44-14-12-39)37-40(27)19-34(4,5)43/h8-10,15-18,36,43H,7,11-14,19H2,1-6H3,(H,35,41). The Morgan fingerprint density at radius 3 is 2.49 bits per heavy atom. The van der Waals surface area contributed by atoms with E-state index in [9.17, 15) is 14.7 Å². The van der Waals surface area contributed by atoms with Crippen LogP contribution < -0.4 is 20.5 Å². The number of hydrogen-bond donors (Lipinski definition) is 3. The predicted molar refractivity (Wildman–Crippen MR) is 176 cm³/mol. The molecule has 0 aliphatic carbocycles. The van der Waals surface area contributed by atoms with Crippen LogP contribution in [0.4, 0.5) is 5.82 Å². The minimum atomic E-state index is -1.03. The summed E-state index contributed by atoms with van der Waals surface area (Å²) in [6, 6.07) is 11.8. The van der Waals surface area contributed by atoms with E-state index < -0.39 is 5.60 Å². The largest absolute Gasteiger partial charge is 0.456 e. The molecule has 1 amide bonds. The van der Waals surface area contributed by atoms with Crippen LogP contribution in [0.2, 0.25) is 0 Å². The number of aromatic nitrogens is 4. The van der Waals surface area contributed by atoms with Gasteiger partial charge in [0.15, 0.2) is 5.82 Å². The lowest BCUT2D eigenvalue weighted by atomic mass is 10.00. The van der Waals surface area contributed by atoms with Gasteiger partial charge in [0.2, 0.25) is 0 Å². The summed E-state index contributed by atoms with van der Waals surface area (Å²) in [5.74, 6) is 1.83. The van der Waals surface area contributed by atoms with Gasteiger partial charge in [0.25, 0.3) is 11.5 Å². The second-order valence-electron chi connectivity index (χ2n) is 12.4. The van der Waals surface area contributed by atoms with Gasteiger partial charge in [-0.2, -0.15) is 5.10 Å². The topological polar surface area (TPSA) is 127 Å². The van der Waals surface area contributed by atoms with E-state index in [1.54, 1.807) is 33.2 Å². The molecule has 236 valence electrons. The molecule has 45 heavy (non-hydrogen) atoms. The van der Waals surface area contributed by atoms with Crippen LogP contribution in [0.1, 0.15) is 42.4 Å². The number of aromatic amines is 1. The van der Waals surface area contributed by atoms with Gasteiger partial charge in [0.1, 0.15) is 22.7 Å². The van der Waals surface area contributed by atoms with Gasteiger partial charge < -0.3 is 34.3 Å². The highest BCUT2D eigenvalue weighted by Crippen LogP contribution is 2.43. The Morgan fingerprint density at radius 2 is 1.82 bits per heavy atom. The molecule has 11 nitrogen and oxygen atoms in total. The Balaban J connectivity index is 1.66. The number of nitrogens with zero attached hydrogens (tertiary/aromatic N) is 4.